The number of ether oxygens (including phenoxy) is 1. The van der Waals surface area contributed by atoms with Gasteiger partial charge >= 0.3 is 0 Å². The molecule has 0 N–H and O–H groups in total. The van der Waals surface area contributed by atoms with E-state index in [4.69, 9.17) is 4.74 Å². The second kappa shape index (κ2) is 4.73. The Morgan fingerprint density at radius 3 is 2.68 bits per heavy atom. The molecular formula is C12H18N6O. The van der Waals surface area contributed by atoms with Gasteiger partial charge in [0.2, 0.25) is 0 Å². The Morgan fingerprint density at radius 2 is 2.00 bits per heavy atom. The zero-order chi connectivity index (χ0) is 13.4. The van der Waals surface area contributed by atoms with Gasteiger partial charge in [-0.05, 0) is 20.8 Å². The van der Waals surface area contributed by atoms with E-state index in [2.05, 4.69) is 39.0 Å². The highest BCUT2D eigenvalue weighted by Gasteiger charge is 2.25. The van der Waals surface area contributed by atoms with E-state index in [1.165, 1.54) is 0 Å². The molecule has 0 aromatic carbocycles. The van der Waals surface area contributed by atoms with Gasteiger partial charge in [-0.25, -0.2) is 14.6 Å². The van der Waals surface area contributed by atoms with Gasteiger partial charge in [-0.15, -0.1) is 5.10 Å². The minimum Gasteiger partial charge on any atom is -0.372 e. The summed E-state index contributed by atoms with van der Waals surface area (Å²) in [6.45, 7) is 8.55. The molecule has 0 bridgehead atoms. The summed E-state index contributed by atoms with van der Waals surface area (Å²) in [4.78, 5) is 10.9. The van der Waals surface area contributed by atoms with Crippen molar-refractivity contribution in [1.82, 2.24) is 25.0 Å². The maximum absolute atomic E-state index is 5.75. The van der Waals surface area contributed by atoms with Gasteiger partial charge in [0.05, 0.1) is 12.2 Å². The summed E-state index contributed by atoms with van der Waals surface area (Å²) in [6, 6.07) is 0. The molecule has 2 aromatic rings. The number of hydrogen-bond acceptors (Lipinski definition) is 6. The van der Waals surface area contributed by atoms with E-state index in [0.29, 0.717) is 0 Å². The molecule has 0 radical (unpaired) electrons. The Kier molecular flexibility index (Phi) is 3.06. The minimum absolute atomic E-state index is 0.190. The highest BCUT2D eigenvalue weighted by atomic mass is 16.5. The predicted octanol–water partition coefficient (Wildman–Crippen LogP) is 0.855. The molecule has 2 aromatic heterocycles. The van der Waals surface area contributed by atoms with Crippen LogP contribution in [0.25, 0.3) is 11.2 Å². The molecule has 1 fully saturated rings. The Morgan fingerprint density at radius 1 is 1.26 bits per heavy atom. The third kappa shape index (κ3) is 2.14. The van der Waals surface area contributed by atoms with Crippen LogP contribution in [0.4, 0.5) is 5.82 Å². The maximum Gasteiger partial charge on any atom is 0.183 e. The van der Waals surface area contributed by atoms with Crippen LogP contribution in [0, 0.1) is 0 Å². The molecule has 3 heterocycles. The van der Waals surface area contributed by atoms with Crippen molar-refractivity contribution in [3.63, 3.8) is 0 Å². The van der Waals surface area contributed by atoms with Crippen LogP contribution in [0.2, 0.25) is 0 Å². The molecule has 2 atom stereocenters. The lowest BCUT2D eigenvalue weighted by Gasteiger charge is -2.35. The fourth-order valence-electron chi connectivity index (χ4n) is 2.58. The van der Waals surface area contributed by atoms with Crippen LogP contribution in [-0.2, 0) is 11.3 Å². The van der Waals surface area contributed by atoms with Crippen molar-refractivity contribution in [2.45, 2.75) is 39.5 Å². The number of morpholine rings is 1. The quantitative estimate of drug-likeness (QED) is 0.799. The Labute approximate surface area is 111 Å². The van der Waals surface area contributed by atoms with Gasteiger partial charge in [0.1, 0.15) is 6.33 Å². The molecule has 1 saturated heterocycles. The normalized spacial score (nSPS) is 24.1. The third-order valence-electron chi connectivity index (χ3n) is 3.30. The smallest absolute Gasteiger partial charge is 0.183 e. The van der Waals surface area contributed by atoms with Crippen LogP contribution in [0.15, 0.2) is 6.33 Å². The van der Waals surface area contributed by atoms with Gasteiger partial charge in [-0.1, -0.05) is 5.21 Å². The zero-order valence-corrected chi connectivity index (χ0v) is 11.4. The summed E-state index contributed by atoms with van der Waals surface area (Å²) in [5.74, 6) is 0.853. The van der Waals surface area contributed by atoms with Crippen molar-refractivity contribution in [3.05, 3.63) is 6.33 Å². The summed E-state index contributed by atoms with van der Waals surface area (Å²) in [5.41, 5.74) is 1.56. The van der Waals surface area contributed by atoms with E-state index in [0.717, 1.165) is 36.6 Å². The number of aryl methyl sites for hydroxylation is 1. The van der Waals surface area contributed by atoms with Crippen molar-refractivity contribution in [3.8, 4) is 0 Å². The first-order chi connectivity index (χ1) is 9.19. The summed E-state index contributed by atoms with van der Waals surface area (Å²) >= 11 is 0. The van der Waals surface area contributed by atoms with Crippen LogP contribution in [0.1, 0.15) is 20.8 Å². The first kappa shape index (κ1) is 12.3. The number of nitrogens with zero attached hydrogens (tertiary/aromatic N) is 6. The molecule has 19 heavy (non-hydrogen) atoms. The molecule has 102 valence electrons. The predicted molar refractivity (Wildman–Crippen MR) is 71.0 cm³/mol. The standard InChI is InChI=1S/C12H18N6O/c1-4-18-12-10(15-16-18)11(13-7-14-12)17-5-8(2)19-9(3)6-17/h7-9H,4-6H2,1-3H3/t8-,9+. The first-order valence-corrected chi connectivity index (χ1v) is 6.63. The van der Waals surface area contributed by atoms with Crippen LogP contribution in [-0.4, -0.2) is 50.3 Å². The summed E-state index contributed by atoms with van der Waals surface area (Å²) in [5, 5.41) is 8.33. The number of rotatable bonds is 2. The Bertz CT molecular complexity index is 573. The van der Waals surface area contributed by atoms with Gasteiger partial charge in [-0.3, -0.25) is 0 Å². The average molecular weight is 262 g/mol. The van der Waals surface area contributed by atoms with Crippen LogP contribution < -0.4 is 4.90 Å². The fraction of sp³-hybridized carbons (Fsp3) is 0.667. The number of hydrogen-bond donors (Lipinski definition) is 0. The van der Waals surface area contributed by atoms with Crippen molar-refractivity contribution >= 4 is 17.0 Å². The lowest BCUT2D eigenvalue weighted by molar-refractivity contribution is -0.00538. The van der Waals surface area contributed by atoms with E-state index in [9.17, 15) is 0 Å². The van der Waals surface area contributed by atoms with E-state index in [-0.39, 0.29) is 12.2 Å². The van der Waals surface area contributed by atoms with Gasteiger partial charge < -0.3 is 9.64 Å². The second-order valence-electron chi connectivity index (χ2n) is 4.94. The third-order valence-corrected chi connectivity index (χ3v) is 3.30. The van der Waals surface area contributed by atoms with Crippen molar-refractivity contribution in [2.24, 2.45) is 0 Å². The van der Waals surface area contributed by atoms with Crippen molar-refractivity contribution in [2.75, 3.05) is 18.0 Å². The van der Waals surface area contributed by atoms with Crippen LogP contribution in [0.5, 0.6) is 0 Å². The Hall–Kier alpha value is -1.76. The lowest BCUT2D eigenvalue weighted by atomic mass is 10.2. The monoisotopic (exact) mass is 262 g/mol. The summed E-state index contributed by atoms with van der Waals surface area (Å²) in [7, 11) is 0. The molecule has 0 saturated carbocycles. The molecule has 0 spiro atoms. The highest BCUT2D eigenvalue weighted by Crippen LogP contribution is 2.23. The average Bonchev–Trinajstić information content (AvgIpc) is 2.80. The minimum atomic E-state index is 0.190. The molecular weight excluding hydrogens is 244 g/mol. The lowest BCUT2D eigenvalue weighted by Crippen LogP contribution is -2.46. The summed E-state index contributed by atoms with van der Waals surface area (Å²) in [6.07, 6.45) is 1.96. The topological polar surface area (TPSA) is 69.0 Å². The molecule has 0 aliphatic carbocycles. The van der Waals surface area contributed by atoms with E-state index < -0.39 is 0 Å². The van der Waals surface area contributed by atoms with Crippen molar-refractivity contribution in [1.29, 1.82) is 0 Å². The molecule has 1 aliphatic heterocycles. The number of aromatic nitrogens is 5. The molecule has 0 unspecified atom stereocenters. The van der Waals surface area contributed by atoms with Crippen LogP contribution in [0.3, 0.4) is 0 Å². The van der Waals surface area contributed by atoms with Gasteiger partial charge in [-0.2, -0.15) is 0 Å². The summed E-state index contributed by atoms with van der Waals surface area (Å²) < 4.78 is 7.54. The number of anilines is 1. The molecule has 0 amide bonds. The zero-order valence-electron chi connectivity index (χ0n) is 11.4. The van der Waals surface area contributed by atoms with Crippen molar-refractivity contribution < 1.29 is 4.74 Å². The Balaban J connectivity index is 2.02. The van der Waals surface area contributed by atoms with Crippen LogP contribution >= 0.6 is 0 Å². The fourth-order valence-corrected chi connectivity index (χ4v) is 2.58. The largest absolute Gasteiger partial charge is 0.372 e. The maximum atomic E-state index is 5.75. The highest BCUT2D eigenvalue weighted by molar-refractivity contribution is 5.82. The molecule has 7 nitrogen and oxygen atoms in total. The molecule has 3 rings (SSSR count). The molecule has 1 aliphatic rings. The van der Waals surface area contributed by atoms with Gasteiger partial charge in [0.15, 0.2) is 17.0 Å². The van der Waals surface area contributed by atoms with Gasteiger partial charge in [0.25, 0.3) is 0 Å². The van der Waals surface area contributed by atoms with Gasteiger partial charge in [0, 0.05) is 19.6 Å². The molecule has 7 heteroatoms. The number of fused-ring (bicyclic) bond motifs is 1. The van der Waals surface area contributed by atoms with E-state index >= 15 is 0 Å². The van der Waals surface area contributed by atoms with E-state index in [1.54, 1.807) is 11.0 Å². The van der Waals surface area contributed by atoms with E-state index in [1.807, 2.05) is 6.92 Å². The second-order valence-corrected chi connectivity index (χ2v) is 4.94. The first-order valence-electron chi connectivity index (χ1n) is 6.63. The SMILES string of the molecule is CCn1nnc2c(N3C[C@@H](C)O[C@@H](C)C3)ncnc21.